The average Bonchev–Trinajstić information content (AvgIpc) is 3.18. The summed E-state index contributed by atoms with van der Waals surface area (Å²) in [5.41, 5.74) is 2.69. The van der Waals surface area contributed by atoms with Crippen LogP contribution in [0, 0.1) is 6.92 Å². The Kier molecular flexibility index (Phi) is 6.73. The second-order valence-corrected chi connectivity index (χ2v) is 7.72. The Hall–Kier alpha value is -3.14. The second kappa shape index (κ2) is 9.15. The first kappa shape index (κ1) is 23.5. The van der Waals surface area contributed by atoms with Crippen molar-refractivity contribution in [1.29, 1.82) is 0 Å². The molecule has 0 amide bonds. The minimum atomic E-state index is -4.55. The van der Waals surface area contributed by atoms with Gasteiger partial charge in [-0.2, -0.15) is 18.2 Å². The molecule has 0 aliphatic rings. The summed E-state index contributed by atoms with van der Waals surface area (Å²) in [4.78, 5) is 19.1. The number of aliphatic carboxylic acids is 1. The third kappa shape index (κ3) is 5.37. The number of benzene rings is 1. The number of ether oxygens (including phenoxy) is 1. The van der Waals surface area contributed by atoms with Gasteiger partial charge < -0.3 is 14.4 Å². The molecule has 7 nitrogen and oxygen atoms in total. The molecule has 3 rings (SSSR count). The van der Waals surface area contributed by atoms with Crippen molar-refractivity contribution in [3.63, 3.8) is 0 Å². The first-order chi connectivity index (χ1) is 15.0. The molecule has 0 saturated carbocycles. The molecule has 0 fully saturated rings. The molecule has 32 heavy (non-hydrogen) atoms. The van der Waals surface area contributed by atoms with E-state index in [1.807, 2.05) is 19.9 Å². The van der Waals surface area contributed by atoms with Crippen molar-refractivity contribution in [1.82, 2.24) is 15.1 Å². The van der Waals surface area contributed by atoms with Gasteiger partial charge in [-0.05, 0) is 37.0 Å². The van der Waals surface area contributed by atoms with Crippen LogP contribution in [0.25, 0.3) is 22.8 Å². The quantitative estimate of drug-likeness (QED) is 0.476. The van der Waals surface area contributed by atoms with E-state index in [0.717, 1.165) is 18.1 Å². The fraction of sp³-hybridized carbons (Fsp3) is 0.333. The lowest BCUT2D eigenvalue weighted by atomic mass is 9.94. The van der Waals surface area contributed by atoms with Crippen LogP contribution < -0.4 is 4.74 Å². The van der Waals surface area contributed by atoms with E-state index in [1.165, 1.54) is 12.3 Å². The maximum absolute atomic E-state index is 12.7. The van der Waals surface area contributed by atoms with E-state index in [1.54, 1.807) is 12.1 Å². The molecule has 0 saturated heterocycles. The Labute approximate surface area is 186 Å². The number of aryl methyl sites for hydroxylation is 1. The molecular weight excluding hydrogens is 451 g/mol. The summed E-state index contributed by atoms with van der Waals surface area (Å²) in [5, 5.41) is 12.8. The average molecular weight is 470 g/mol. The summed E-state index contributed by atoms with van der Waals surface area (Å²) in [6.07, 6.45) is -5.38. The second-order valence-electron chi connectivity index (χ2n) is 7.31. The Morgan fingerprint density at radius 3 is 2.59 bits per heavy atom. The van der Waals surface area contributed by atoms with Gasteiger partial charge in [0.1, 0.15) is 5.02 Å². The van der Waals surface area contributed by atoms with Crippen LogP contribution in [0.5, 0.6) is 5.88 Å². The van der Waals surface area contributed by atoms with Gasteiger partial charge in [0.2, 0.25) is 11.7 Å². The lowest BCUT2D eigenvalue weighted by Gasteiger charge is -2.17. The van der Waals surface area contributed by atoms with Crippen molar-refractivity contribution in [3.8, 4) is 28.7 Å². The SMILES string of the molecule is Cc1cc(C(C)CC(=O)O)ccc1-c1noc(-c2cnc(OC(C)C(F)(F)F)c(Cl)c2)n1. The number of pyridine rings is 1. The Morgan fingerprint density at radius 2 is 2.00 bits per heavy atom. The molecule has 170 valence electrons. The minimum absolute atomic E-state index is 0.0142. The number of carbonyl (C=O) groups is 1. The molecule has 0 aliphatic carbocycles. The van der Waals surface area contributed by atoms with E-state index < -0.39 is 18.2 Å². The largest absolute Gasteiger partial charge is 0.481 e. The zero-order valence-electron chi connectivity index (χ0n) is 17.3. The first-order valence-corrected chi connectivity index (χ1v) is 9.89. The number of carboxylic acid groups (broad SMARTS) is 1. The van der Waals surface area contributed by atoms with Gasteiger partial charge in [0.25, 0.3) is 5.89 Å². The number of halogens is 4. The molecule has 2 heterocycles. The van der Waals surface area contributed by atoms with Crippen molar-refractivity contribution >= 4 is 17.6 Å². The van der Waals surface area contributed by atoms with Crippen molar-refractivity contribution in [2.75, 3.05) is 0 Å². The van der Waals surface area contributed by atoms with E-state index in [9.17, 15) is 18.0 Å². The van der Waals surface area contributed by atoms with Crippen LogP contribution in [0.1, 0.15) is 37.3 Å². The lowest BCUT2D eigenvalue weighted by Crippen LogP contribution is -2.31. The summed E-state index contributed by atoms with van der Waals surface area (Å²) in [6.45, 7) is 4.52. The van der Waals surface area contributed by atoms with Gasteiger partial charge in [0.05, 0.1) is 12.0 Å². The Bertz CT molecular complexity index is 1130. The van der Waals surface area contributed by atoms with Crippen molar-refractivity contribution in [3.05, 3.63) is 46.6 Å². The number of alkyl halides is 3. The van der Waals surface area contributed by atoms with Gasteiger partial charge in [-0.3, -0.25) is 4.79 Å². The highest BCUT2D eigenvalue weighted by molar-refractivity contribution is 6.32. The van der Waals surface area contributed by atoms with Gasteiger partial charge >= 0.3 is 12.1 Å². The van der Waals surface area contributed by atoms with Crippen LogP contribution >= 0.6 is 11.6 Å². The molecule has 1 aromatic carbocycles. The van der Waals surface area contributed by atoms with Gasteiger partial charge in [-0.15, -0.1) is 0 Å². The molecule has 2 unspecified atom stereocenters. The summed E-state index contributed by atoms with van der Waals surface area (Å²) in [7, 11) is 0. The van der Waals surface area contributed by atoms with Crippen molar-refractivity contribution in [2.45, 2.75) is 45.4 Å². The number of hydrogen-bond acceptors (Lipinski definition) is 6. The molecule has 11 heteroatoms. The predicted molar refractivity (Wildman–Crippen MR) is 110 cm³/mol. The van der Waals surface area contributed by atoms with Crippen LogP contribution in [-0.4, -0.2) is 38.5 Å². The van der Waals surface area contributed by atoms with Gasteiger partial charge in [-0.1, -0.05) is 41.9 Å². The predicted octanol–water partition coefficient (Wildman–Crippen LogP) is 5.67. The highest BCUT2D eigenvalue weighted by atomic mass is 35.5. The van der Waals surface area contributed by atoms with Crippen molar-refractivity contribution < 1.29 is 32.3 Å². The molecule has 0 bridgehead atoms. The first-order valence-electron chi connectivity index (χ1n) is 9.51. The van der Waals surface area contributed by atoms with Crippen LogP contribution in [0.15, 0.2) is 35.0 Å². The maximum Gasteiger partial charge on any atom is 0.425 e. The third-order valence-corrected chi connectivity index (χ3v) is 5.04. The Balaban J connectivity index is 1.81. The topological polar surface area (TPSA) is 98.3 Å². The van der Waals surface area contributed by atoms with E-state index in [-0.39, 0.29) is 35.0 Å². The van der Waals surface area contributed by atoms with Crippen molar-refractivity contribution in [2.24, 2.45) is 0 Å². The van der Waals surface area contributed by atoms with Crippen LogP contribution in [0.3, 0.4) is 0 Å². The molecule has 2 atom stereocenters. The van der Waals surface area contributed by atoms with E-state index in [4.69, 9.17) is 26.0 Å². The number of nitrogens with zero attached hydrogens (tertiary/aromatic N) is 3. The molecule has 2 aromatic heterocycles. The monoisotopic (exact) mass is 469 g/mol. The zero-order valence-corrected chi connectivity index (χ0v) is 18.0. The fourth-order valence-corrected chi connectivity index (χ4v) is 3.15. The summed E-state index contributed by atoms with van der Waals surface area (Å²) < 4.78 is 48.1. The lowest BCUT2D eigenvalue weighted by molar-refractivity contribution is -0.189. The van der Waals surface area contributed by atoms with Crippen LogP contribution in [0.2, 0.25) is 5.02 Å². The number of rotatable bonds is 7. The molecule has 3 aromatic rings. The van der Waals surface area contributed by atoms with E-state index in [2.05, 4.69) is 15.1 Å². The highest BCUT2D eigenvalue weighted by Crippen LogP contribution is 2.32. The summed E-state index contributed by atoms with van der Waals surface area (Å²) in [6, 6.07) is 6.77. The van der Waals surface area contributed by atoms with Gasteiger partial charge in [0.15, 0.2) is 6.10 Å². The highest BCUT2D eigenvalue weighted by Gasteiger charge is 2.38. The summed E-state index contributed by atoms with van der Waals surface area (Å²) >= 11 is 6.02. The van der Waals surface area contributed by atoms with E-state index >= 15 is 0 Å². The van der Waals surface area contributed by atoms with E-state index in [0.29, 0.717) is 11.1 Å². The number of hydrogen-bond donors (Lipinski definition) is 1. The van der Waals surface area contributed by atoms with Gasteiger partial charge in [-0.25, -0.2) is 4.98 Å². The standard InChI is InChI=1S/C21H19ClF3N3O4/c1-10(7-17(29)30)13-4-5-15(11(2)6-13)18-27-19(32-28-18)14-8-16(22)20(26-9-14)31-12(3)21(23,24)25/h4-6,8-10,12H,7H2,1-3H3,(H,29,30). The normalized spacial score (nSPS) is 13.6. The fourth-order valence-electron chi connectivity index (χ4n) is 2.94. The maximum atomic E-state index is 12.7. The molecule has 0 spiro atoms. The minimum Gasteiger partial charge on any atom is -0.481 e. The molecule has 1 N–H and O–H groups in total. The van der Waals surface area contributed by atoms with Gasteiger partial charge in [0, 0.05) is 11.8 Å². The Morgan fingerprint density at radius 1 is 1.28 bits per heavy atom. The molecule has 0 aliphatic heterocycles. The summed E-state index contributed by atoms with van der Waals surface area (Å²) in [5.74, 6) is -1.03. The third-order valence-electron chi connectivity index (χ3n) is 4.77. The smallest absolute Gasteiger partial charge is 0.425 e. The molecule has 0 radical (unpaired) electrons. The number of aromatic nitrogens is 3. The number of carboxylic acids is 1. The van der Waals surface area contributed by atoms with Crippen LogP contribution in [-0.2, 0) is 4.79 Å². The van der Waals surface area contributed by atoms with Crippen LogP contribution in [0.4, 0.5) is 13.2 Å². The zero-order chi connectivity index (χ0) is 23.6. The molecular formula is C21H19ClF3N3O4.